The van der Waals surface area contributed by atoms with Gasteiger partial charge in [-0.2, -0.15) is 0 Å². The third kappa shape index (κ3) is 3.20. The Hall–Kier alpha value is -3.45. The van der Waals surface area contributed by atoms with Gasteiger partial charge in [0.1, 0.15) is 22.7 Å². The maximum Gasteiger partial charge on any atom is 0.262 e. The van der Waals surface area contributed by atoms with Crippen molar-refractivity contribution in [3.05, 3.63) is 64.3 Å². The monoisotopic (exact) mass is 445 g/mol. The molecule has 0 saturated carbocycles. The van der Waals surface area contributed by atoms with Gasteiger partial charge in [-0.3, -0.25) is 4.79 Å². The number of phenols is 2. The van der Waals surface area contributed by atoms with Crippen LogP contribution >= 0.6 is 11.3 Å². The molecule has 1 unspecified atom stereocenters. The van der Waals surface area contributed by atoms with Gasteiger partial charge >= 0.3 is 0 Å². The Labute approximate surface area is 189 Å². The van der Waals surface area contributed by atoms with E-state index in [9.17, 15) is 15.0 Å². The van der Waals surface area contributed by atoms with E-state index in [1.54, 1.807) is 22.6 Å². The Balaban J connectivity index is 1.59. The summed E-state index contributed by atoms with van der Waals surface area (Å²) >= 11 is 1.68. The summed E-state index contributed by atoms with van der Waals surface area (Å²) in [6.45, 7) is 6.21. The molecule has 4 aromatic rings. The second-order valence-electron chi connectivity index (χ2n) is 8.29. The molecular weight excluding hydrogens is 422 g/mol. The number of hydrogen-bond acceptors (Lipinski definition) is 6. The van der Waals surface area contributed by atoms with E-state index in [2.05, 4.69) is 29.9 Å². The molecule has 0 fully saturated rings. The molecule has 2 aromatic heterocycles. The van der Waals surface area contributed by atoms with E-state index in [4.69, 9.17) is 0 Å². The molecule has 2 N–H and O–H groups in total. The highest BCUT2D eigenvalue weighted by Gasteiger charge is 2.31. The van der Waals surface area contributed by atoms with Crippen molar-refractivity contribution < 1.29 is 15.0 Å². The normalized spacial score (nSPS) is 15.7. The topological polar surface area (TPSA) is 86.6 Å². The molecule has 0 spiro atoms. The molecule has 0 radical (unpaired) electrons. The average molecular weight is 446 g/mol. The maximum absolute atomic E-state index is 13.3. The predicted octanol–water partition coefficient (Wildman–Crippen LogP) is 5.37. The quantitative estimate of drug-likeness (QED) is 0.433. The van der Waals surface area contributed by atoms with Crippen LogP contribution in [0.2, 0.25) is 0 Å². The SMILES string of the molecule is Cc1sc2ncnc(-c3ccc4c(c3)CCC(C)N4C(=O)c3ccc(O)cc3O)c2c1C. The number of fused-ring (bicyclic) bond motifs is 2. The van der Waals surface area contributed by atoms with Gasteiger partial charge in [0.15, 0.2) is 0 Å². The molecule has 6 nitrogen and oxygen atoms in total. The van der Waals surface area contributed by atoms with Gasteiger partial charge in [-0.05, 0) is 69.0 Å². The number of rotatable bonds is 2. The van der Waals surface area contributed by atoms with Crippen LogP contribution in [0.5, 0.6) is 11.5 Å². The Bertz CT molecular complexity index is 1380. The van der Waals surface area contributed by atoms with Crippen molar-refractivity contribution in [1.29, 1.82) is 0 Å². The number of aromatic nitrogens is 2. The zero-order chi connectivity index (χ0) is 22.6. The average Bonchev–Trinajstić information content (AvgIpc) is 3.06. The van der Waals surface area contributed by atoms with Gasteiger partial charge in [-0.25, -0.2) is 9.97 Å². The molecule has 0 saturated heterocycles. The lowest BCUT2D eigenvalue weighted by atomic mass is 9.92. The zero-order valence-electron chi connectivity index (χ0n) is 18.1. The lowest BCUT2D eigenvalue weighted by Gasteiger charge is -2.35. The summed E-state index contributed by atoms with van der Waals surface area (Å²) < 4.78 is 0. The summed E-state index contributed by atoms with van der Waals surface area (Å²) in [5, 5.41) is 20.9. The van der Waals surface area contributed by atoms with Crippen molar-refractivity contribution in [2.24, 2.45) is 0 Å². The molecule has 2 aromatic carbocycles. The highest BCUT2D eigenvalue weighted by molar-refractivity contribution is 7.18. The molecule has 1 aliphatic heterocycles. The minimum atomic E-state index is -0.280. The van der Waals surface area contributed by atoms with Crippen LogP contribution in [0.25, 0.3) is 21.5 Å². The Morgan fingerprint density at radius 1 is 1.12 bits per heavy atom. The predicted molar refractivity (Wildman–Crippen MR) is 127 cm³/mol. The Morgan fingerprint density at radius 2 is 1.94 bits per heavy atom. The number of nitrogens with zero attached hydrogens (tertiary/aromatic N) is 3. The van der Waals surface area contributed by atoms with Crippen LogP contribution < -0.4 is 4.90 Å². The minimum absolute atomic E-state index is 0.0124. The molecule has 1 aliphatic rings. The lowest BCUT2D eigenvalue weighted by Crippen LogP contribution is -2.42. The van der Waals surface area contributed by atoms with E-state index >= 15 is 0 Å². The molecule has 3 heterocycles. The number of amides is 1. The van der Waals surface area contributed by atoms with Crippen molar-refractivity contribution in [3.8, 4) is 22.8 Å². The van der Waals surface area contributed by atoms with E-state index in [0.717, 1.165) is 45.6 Å². The zero-order valence-corrected chi connectivity index (χ0v) is 18.9. The van der Waals surface area contributed by atoms with Gasteiger partial charge in [0.2, 0.25) is 0 Å². The molecular formula is C25H23N3O3S. The van der Waals surface area contributed by atoms with Gasteiger partial charge in [0.05, 0.1) is 11.3 Å². The van der Waals surface area contributed by atoms with Crippen molar-refractivity contribution in [2.75, 3.05) is 4.90 Å². The number of aryl methyl sites for hydroxylation is 3. The second kappa shape index (κ2) is 7.60. The van der Waals surface area contributed by atoms with Crippen LogP contribution in [0.15, 0.2) is 42.7 Å². The lowest BCUT2D eigenvalue weighted by molar-refractivity contribution is 0.0972. The molecule has 5 rings (SSSR count). The third-order valence-electron chi connectivity index (χ3n) is 6.28. The fraction of sp³-hybridized carbons (Fsp3) is 0.240. The largest absolute Gasteiger partial charge is 0.508 e. The van der Waals surface area contributed by atoms with E-state index in [-0.39, 0.29) is 29.0 Å². The Kier molecular flexibility index (Phi) is 4.86. The number of carbonyl (C=O) groups excluding carboxylic acids is 1. The number of carbonyl (C=O) groups is 1. The number of hydrogen-bond donors (Lipinski definition) is 2. The van der Waals surface area contributed by atoms with E-state index in [0.29, 0.717) is 0 Å². The van der Waals surface area contributed by atoms with E-state index in [1.165, 1.54) is 28.6 Å². The summed E-state index contributed by atoms with van der Waals surface area (Å²) in [7, 11) is 0. The smallest absolute Gasteiger partial charge is 0.262 e. The number of benzene rings is 2. The number of phenolic OH excluding ortho intramolecular Hbond substituents is 2. The number of aromatic hydroxyl groups is 2. The molecule has 0 bridgehead atoms. The van der Waals surface area contributed by atoms with Crippen LogP contribution in [0, 0.1) is 13.8 Å². The molecule has 0 aliphatic carbocycles. The molecule has 32 heavy (non-hydrogen) atoms. The van der Waals surface area contributed by atoms with Crippen molar-refractivity contribution in [3.63, 3.8) is 0 Å². The van der Waals surface area contributed by atoms with Crippen LogP contribution in [0.3, 0.4) is 0 Å². The Morgan fingerprint density at radius 3 is 2.72 bits per heavy atom. The van der Waals surface area contributed by atoms with Gasteiger partial charge < -0.3 is 15.1 Å². The molecule has 7 heteroatoms. The first-order valence-electron chi connectivity index (χ1n) is 10.5. The fourth-order valence-electron chi connectivity index (χ4n) is 4.44. The summed E-state index contributed by atoms with van der Waals surface area (Å²) in [4.78, 5) is 26.3. The van der Waals surface area contributed by atoms with E-state index in [1.807, 2.05) is 19.1 Å². The third-order valence-corrected chi connectivity index (χ3v) is 7.40. The van der Waals surface area contributed by atoms with Crippen molar-refractivity contribution >= 4 is 33.1 Å². The molecule has 162 valence electrons. The molecule has 1 amide bonds. The highest BCUT2D eigenvalue weighted by Crippen LogP contribution is 2.39. The van der Waals surface area contributed by atoms with Crippen LogP contribution in [0.4, 0.5) is 5.69 Å². The first-order chi connectivity index (χ1) is 15.3. The van der Waals surface area contributed by atoms with Gasteiger partial charge in [-0.1, -0.05) is 6.07 Å². The van der Waals surface area contributed by atoms with Crippen LogP contribution in [0.1, 0.15) is 39.7 Å². The van der Waals surface area contributed by atoms with Crippen molar-refractivity contribution in [1.82, 2.24) is 9.97 Å². The summed E-state index contributed by atoms with van der Waals surface area (Å²) in [5.74, 6) is -0.582. The fourth-order valence-corrected chi connectivity index (χ4v) is 5.44. The van der Waals surface area contributed by atoms with Gasteiger partial charge in [0, 0.05) is 33.6 Å². The minimum Gasteiger partial charge on any atom is -0.508 e. The van der Waals surface area contributed by atoms with Gasteiger partial charge in [0.25, 0.3) is 5.91 Å². The van der Waals surface area contributed by atoms with E-state index < -0.39 is 0 Å². The van der Waals surface area contributed by atoms with Gasteiger partial charge in [-0.15, -0.1) is 11.3 Å². The standard InChI is InChI=1S/C25H23N3O3S/c1-13-4-5-16-10-17(23-22-14(2)15(3)32-24(22)27-12-26-23)6-9-20(16)28(13)25(31)19-8-7-18(29)11-21(19)30/h6-13,29-30H,4-5H2,1-3H3. The highest BCUT2D eigenvalue weighted by atomic mass is 32.1. The first kappa shape index (κ1) is 20.5. The summed E-state index contributed by atoms with van der Waals surface area (Å²) in [6.07, 6.45) is 3.28. The second-order valence-corrected chi connectivity index (χ2v) is 9.50. The number of thiophene rings is 1. The maximum atomic E-state index is 13.3. The van der Waals surface area contributed by atoms with Crippen LogP contribution in [-0.2, 0) is 6.42 Å². The van der Waals surface area contributed by atoms with Crippen LogP contribution in [-0.4, -0.2) is 32.1 Å². The summed E-state index contributed by atoms with van der Waals surface area (Å²) in [6, 6.07) is 10.1. The summed E-state index contributed by atoms with van der Waals surface area (Å²) in [5.41, 5.74) is 5.20. The first-order valence-corrected chi connectivity index (χ1v) is 11.4. The number of anilines is 1. The van der Waals surface area contributed by atoms with Crippen molar-refractivity contribution in [2.45, 2.75) is 39.7 Å². The molecule has 1 atom stereocenters.